The number of aromatic amines is 1. The number of H-pyrrole nitrogens is 1. The fourth-order valence-corrected chi connectivity index (χ4v) is 1.36. The first-order chi connectivity index (χ1) is 5.04. The third-order valence-electron chi connectivity index (χ3n) is 1.66. The number of nitrogens with zero attached hydrogens (tertiary/aromatic N) is 1. The average Bonchev–Trinajstić information content (AvgIpc) is 2.17. The lowest BCUT2D eigenvalue weighted by Crippen LogP contribution is -2.02. The molecule has 0 saturated carbocycles. The van der Waals surface area contributed by atoms with Crippen LogP contribution in [-0.2, 0) is 0 Å². The minimum absolute atomic E-state index is 0.346. The molecular weight excluding hydrogens is 158 g/mol. The summed E-state index contributed by atoms with van der Waals surface area (Å²) in [6.07, 6.45) is 0. The van der Waals surface area contributed by atoms with Crippen molar-refractivity contribution in [2.45, 2.75) is 26.8 Å². The molecule has 0 spiro atoms. The molecule has 0 atom stereocenters. The van der Waals surface area contributed by atoms with E-state index in [-0.39, 0.29) is 0 Å². The van der Waals surface area contributed by atoms with Gasteiger partial charge in [-0.25, -0.2) is 0 Å². The van der Waals surface area contributed by atoms with E-state index in [4.69, 9.17) is 18.0 Å². The average molecular weight is 171 g/mol. The molecule has 3 nitrogen and oxygen atoms in total. The van der Waals surface area contributed by atoms with E-state index in [1.165, 1.54) is 0 Å². The van der Waals surface area contributed by atoms with Crippen LogP contribution >= 0.6 is 12.2 Å². The van der Waals surface area contributed by atoms with Crippen LogP contribution in [0.4, 0.5) is 5.69 Å². The van der Waals surface area contributed by atoms with Crippen LogP contribution < -0.4 is 5.73 Å². The molecule has 0 radical (unpaired) electrons. The van der Waals surface area contributed by atoms with Crippen molar-refractivity contribution in [2.75, 3.05) is 5.73 Å². The first-order valence-electron chi connectivity index (χ1n) is 3.60. The van der Waals surface area contributed by atoms with Crippen LogP contribution in [0.25, 0.3) is 0 Å². The Balaban J connectivity index is 3.30. The highest BCUT2D eigenvalue weighted by Gasteiger charge is 2.05. The van der Waals surface area contributed by atoms with Gasteiger partial charge in [0, 0.05) is 6.04 Å². The molecular formula is C7H13N3S. The van der Waals surface area contributed by atoms with E-state index in [0.717, 1.165) is 5.69 Å². The molecule has 0 aliphatic heterocycles. The molecule has 0 unspecified atom stereocenters. The van der Waals surface area contributed by atoms with Crippen LogP contribution in [0.1, 0.15) is 25.6 Å². The van der Waals surface area contributed by atoms with Gasteiger partial charge >= 0.3 is 0 Å². The first kappa shape index (κ1) is 8.33. The topological polar surface area (TPSA) is 46.7 Å². The zero-order valence-corrected chi connectivity index (χ0v) is 7.83. The highest BCUT2D eigenvalue weighted by Crippen LogP contribution is 2.14. The Morgan fingerprint density at radius 3 is 2.27 bits per heavy atom. The second kappa shape index (κ2) is 2.70. The van der Waals surface area contributed by atoms with Gasteiger partial charge in [-0.3, -0.25) is 9.78 Å². The molecule has 0 bridgehead atoms. The van der Waals surface area contributed by atoms with E-state index in [0.29, 0.717) is 16.4 Å². The molecule has 11 heavy (non-hydrogen) atoms. The molecule has 1 rings (SSSR count). The summed E-state index contributed by atoms with van der Waals surface area (Å²) >= 11 is 5.10. The van der Waals surface area contributed by atoms with E-state index < -0.39 is 0 Å². The smallest absolute Gasteiger partial charge is 0.145 e. The molecule has 4 heteroatoms. The zero-order chi connectivity index (χ0) is 8.59. The maximum atomic E-state index is 5.68. The summed E-state index contributed by atoms with van der Waals surface area (Å²) in [4.78, 5) is 0. The molecule has 0 aromatic carbocycles. The molecule has 0 aliphatic rings. The number of aromatic nitrogens is 2. The number of nitrogen functional groups attached to an aromatic ring is 1. The van der Waals surface area contributed by atoms with Crippen molar-refractivity contribution in [2.24, 2.45) is 0 Å². The van der Waals surface area contributed by atoms with Crippen molar-refractivity contribution >= 4 is 17.9 Å². The van der Waals surface area contributed by atoms with Gasteiger partial charge in [-0.15, -0.1) is 0 Å². The van der Waals surface area contributed by atoms with Gasteiger partial charge in [-0.2, -0.15) is 0 Å². The van der Waals surface area contributed by atoms with Crippen molar-refractivity contribution in [3.63, 3.8) is 0 Å². The lowest BCUT2D eigenvalue weighted by Gasteiger charge is -2.04. The lowest BCUT2D eigenvalue weighted by molar-refractivity contribution is 0.523. The Morgan fingerprint density at radius 1 is 1.55 bits per heavy atom. The number of rotatable bonds is 1. The molecule has 1 aromatic rings. The van der Waals surface area contributed by atoms with Crippen LogP contribution in [0.2, 0.25) is 0 Å². The largest absolute Gasteiger partial charge is 0.395 e. The van der Waals surface area contributed by atoms with E-state index in [2.05, 4.69) is 18.9 Å². The molecule has 1 heterocycles. The third-order valence-corrected chi connectivity index (χ3v) is 2.07. The molecule has 0 saturated heterocycles. The monoisotopic (exact) mass is 171 g/mol. The van der Waals surface area contributed by atoms with Crippen molar-refractivity contribution in [3.8, 4) is 0 Å². The van der Waals surface area contributed by atoms with Gasteiger partial charge < -0.3 is 5.73 Å². The molecule has 0 fully saturated rings. The fourth-order valence-electron chi connectivity index (χ4n) is 0.945. The summed E-state index contributed by atoms with van der Waals surface area (Å²) in [5.41, 5.74) is 7.32. The highest BCUT2D eigenvalue weighted by molar-refractivity contribution is 7.71. The predicted octanol–water partition coefficient (Wildman–Crippen LogP) is 2.02. The number of nitrogens with two attached hydrogens (primary N) is 1. The Bertz CT molecular complexity index is 308. The van der Waals surface area contributed by atoms with E-state index in [1.807, 2.05) is 11.6 Å². The highest BCUT2D eigenvalue weighted by atomic mass is 32.1. The second-order valence-electron chi connectivity index (χ2n) is 2.92. The fraction of sp³-hybridized carbons (Fsp3) is 0.571. The minimum Gasteiger partial charge on any atom is -0.395 e. The zero-order valence-electron chi connectivity index (χ0n) is 7.01. The summed E-state index contributed by atoms with van der Waals surface area (Å²) in [6.45, 7) is 6.04. The van der Waals surface area contributed by atoms with Crippen LogP contribution in [0.15, 0.2) is 0 Å². The van der Waals surface area contributed by atoms with E-state index in [9.17, 15) is 0 Å². The van der Waals surface area contributed by atoms with Crippen LogP contribution in [0.3, 0.4) is 0 Å². The van der Waals surface area contributed by atoms with Crippen molar-refractivity contribution in [1.82, 2.24) is 9.78 Å². The Hall–Kier alpha value is -0.770. The lowest BCUT2D eigenvalue weighted by atomic mass is 10.4. The normalized spacial score (nSPS) is 10.9. The Labute approximate surface area is 71.2 Å². The van der Waals surface area contributed by atoms with Gasteiger partial charge in [0.25, 0.3) is 0 Å². The molecule has 3 N–H and O–H groups in total. The summed E-state index contributed by atoms with van der Waals surface area (Å²) < 4.78 is 2.59. The van der Waals surface area contributed by atoms with Gasteiger partial charge in [0.2, 0.25) is 0 Å². The van der Waals surface area contributed by atoms with Crippen molar-refractivity contribution in [3.05, 3.63) is 10.3 Å². The van der Waals surface area contributed by atoms with Gasteiger partial charge in [0.1, 0.15) is 4.64 Å². The van der Waals surface area contributed by atoms with Gasteiger partial charge in [0.15, 0.2) is 0 Å². The first-order valence-corrected chi connectivity index (χ1v) is 4.01. The number of hydrogen-bond acceptors (Lipinski definition) is 2. The molecule has 62 valence electrons. The maximum Gasteiger partial charge on any atom is 0.145 e. The number of hydrogen-bond donors (Lipinski definition) is 2. The van der Waals surface area contributed by atoms with Crippen molar-refractivity contribution < 1.29 is 0 Å². The van der Waals surface area contributed by atoms with Crippen LogP contribution in [0, 0.1) is 11.6 Å². The molecule has 1 aromatic heterocycles. The van der Waals surface area contributed by atoms with E-state index in [1.54, 1.807) is 0 Å². The van der Waals surface area contributed by atoms with Crippen LogP contribution in [-0.4, -0.2) is 9.78 Å². The third kappa shape index (κ3) is 1.30. The maximum absolute atomic E-state index is 5.68. The number of nitrogens with one attached hydrogen (secondary N) is 1. The second-order valence-corrected chi connectivity index (χ2v) is 3.31. The summed E-state index contributed by atoms with van der Waals surface area (Å²) in [5, 5.41) is 3.10. The standard InChI is InChI=1S/C7H13N3S/c1-4(2)10-7(11)6(8)5(3)9-10/h4,9H,8H2,1-3H3. The summed E-state index contributed by atoms with van der Waals surface area (Å²) in [7, 11) is 0. The van der Waals surface area contributed by atoms with Gasteiger partial charge in [-0.1, -0.05) is 12.2 Å². The Kier molecular flexibility index (Phi) is 2.04. The number of anilines is 1. The van der Waals surface area contributed by atoms with E-state index >= 15 is 0 Å². The molecule has 0 aliphatic carbocycles. The van der Waals surface area contributed by atoms with Gasteiger partial charge in [0.05, 0.1) is 11.4 Å². The summed E-state index contributed by atoms with van der Waals surface area (Å²) in [5.74, 6) is 0. The quantitative estimate of drug-likeness (QED) is 0.635. The van der Waals surface area contributed by atoms with Crippen molar-refractivity contribution in [1.29, 1.82) is 0 Å². The van der Waals surface area contributed by atoms with Gasteiger partial charge in [-0.05, 0) is 20.8 Å². The van der Waals surface area contributed by atoms with Crippen LogP contribution in [0.5, 0.6) is 0 Å². The summed E-state index contributed by atoms with van der Waals surface area (Å²) in [6, 6.07) is 0.346. The Morgan fingerprint density at radius 2 is 2.09 bits per heavy atom. The SMILES string of the molecule is Cc1[nH]n(C(C)C)c(=S)c1N. The number of aryl methyl sites for hydroxylation is 1. The predicted molar refractivity (Wildman–Crippen MR) is 49.2 cm³/mol. The molecule has 0 amide bonds. The minimum atomic E-state index is 0.346.